The number of aromatic nitrogens is 3. The van der Waals surface area contributed by atoms with Crippen LogP contribution in [0, 0.1) is 0 Å². The number of nitrogens with zero attached hydrogens (tertiary/aromatic N) is 3. The lowest BCUT2D eigenvalue weighted by atomic mass is 9.97. The second-order valence-electron chi connectivity index (χ2n) is 8.35. The lowest BCUT2D eigenvalue weighted by molar-refractivity contribution is 1.31. The summed E-state index contributed by atoms with van der Waals surface area (Å²) in [5, 5.41) is 3.58. The molecule has 0 radical (unpaired) electrons. The first kappa shape index (κ1) is 18.1. The Morgan fingerprint density at radius 2 is 1.18 bits per heavy atom. The third kappa shape index (κ3) is 2.76. The number of para-hydroxylation sites is 2. The van der Waals surface area contributed by atoms with Gasteiger partial charge in [0.1, 0.15) is 5.65 Å². The SMILES string of the molecule is c1ccc(-c2ccc3c(c2)c2cc(-c4ccncc4)ccc2c2nc4ccccc4n32)cc1. The molecule has 0 unspecified atom stereocenters. The van der Waals surface area contributed by atoms with Crippen LogP contribution in [0.3, 0.4) is 0 Å². The van der Waals surface area contributed by atoms with Gasteiger partial charge >= 0.3 is 0 Å². The largest absolute Gasteiger partial charge is 0.292 e. The van der Waals surface area contributed by atoms with E-state index in [1.165, 1.54) is 27.5 Å². The number of benzene rings is 4. The van der Waals surface area contributed by atoms with Crippen LogP contribution in [0.15, 0.2) is 116 Å². The molecular weight excluding hydrogens is 402 g/mol. The minimum atomic E-state index is 0.993. The second-order valence-corrected chi connectivity index (χ2v) is 8.35. The average molecular weight is 422 g/mol. The number of hydrogen-bond donors (Lipinski definition) is 0. The minimum Gasteiger partial charge on any atom is -0.292 e. The highest BCUT2D eigenvalue weighted by atomic mass is 15.0. The fraction of sp³-hybridized carbons (Fsp3) is 0. The van der Waals surface area contributed by atoms with E-state index in [0.717, 1.165) is 33.1 Å². The minimum absolute atomic E-state index is 0.993. The fourth-order valence-electron chi connectivity index (χ4n) is 4.89. The Labute approximate surface area is 190 Å². The van der Waals surface area contributed by atoms with E-state index in [1.54, 1.807) is 0 Å². The third-order valence-corrected chi connectivity index (χ3v) is 6.47. The van der Waals surface area contributed by atoms with Gasteiger partial charge in [0.05, 0.1) is 16.6 Å². The summed E-state index contributed by atoms with van der Waals surface area (Å²) in [5.74, 6) is 0. The molecule has 0 N–H and O–H groups in total. The van der Waals surface area contributed by atoms with Crippen molar-refractivity contribution in [2.45, 2.75) is 0 Å². The maximum absolute atomic E-state index is 5.03. The number of hydrogen-bond acceptors (Lipinski definition) is 2. The van der Waals surface area contributed by atoms with E-state index in [9.17, 15) is 0 Å². The van der Waals surface area contributed by atoms with Crippen molar-refractivity contribution < 1.29 is 0 Å². The maximum Gasteiger partial charge on any atom is 0.146 e. The number of rotatable bonds is 2. The van der Waals surface area contributed by atoms with Crippen molar-refractivity contribution in [1.29, 1.82) is 0 Å². The van der Waals surface area contributed by atoms with Crippen molar-refractivity contribution in [3.05, 3.63) is 116 Å². The Hall–Kier alpha value is -4.50. The van der Waals surface area contributed by atoms with Crippen molar-refractivity contribution in [3.8, 4) is 22.3 Å². The van der Waals surface area contributed by atoms with E-state index in [-0.39, 0.29) is 0 Å². The van der Waals surface area contributed by atoms with Crippen molar-refractivity contribution in [3.63, 3.8) is 0 Å². The molecular formula is C30H19N3. The van der Waals surface area contributed by atoms with Gasteiger partial charge in [0.2, 0.25) is 0 Å². The van der Waals surface area contributed by atoms with Crippen LogP contribution < -0.4 is 0 Å². The van der Waals surface area contributed by atoms with Gasteiger partial charge in [-0.2, -0.15) is 0 Å². The lowest BCUT2D eigenvalue weighted by Gasteiger charge is -2.12. The summed E-state index contributed by atoms with van der Waals surface area (Å²) in [4.78, 5) is 9.21. The van der Waals surface area contributed by atoms with Crippen LogP contribution in [0.5, 0.6) is 0 Å². The molecule has 3 nitrogen and oxygen atoms in total. The molecule has 0 bridgehead atoms. The molecule has 0 spiro atoms. The lowest BCUT2D eigenvalue weighted by Crippen LogP contribution is -1.93. The Morgan fingerprint density at radius 3 is 2.03 bits per heavy atom. The molecule has 0 atom stereocenters. The van der Waals surface area contributed by atoms with Gasteiger partial charge in [-0.05, 0) is 76.2 Å². The molecule has 0 saturated carbocycles. The molecule has 154 valence electrons. The molecule has 4 aromatic carbocycles. The summed E-state index contributed by atoms with van der Waals surface area (Å²) < 4.78 is 2.30. The summed E-state index contributed by atoms with van der Waals surface area (Å²) >= 11 is 0. The predicted molar refractivity (Wildman–Crippen MR) is 136 cm³/mol. The molecule has 0 fully saturated rings. The van der Waals surface area contributed by atoms with Crippen LogP contribution in [0.1, 0.15) is 0 Å². The molecule has 3 heteroatoms. The monoisotopic (exact) mass is 421 g/mol. The van der Waals surface area contributed by atoms with Crippen LogP contribution >= 0.6 is 0 Å². The van der Waals surface area contributed by atoms with Gasteiger partial charge in [0.25, 0.3) is 0 Å². The quantitative estimate of drug-likeness (QED) is 0.270. The second kappa shape index (κ2) is 7.01. The van der Waals surface area contributed by atoms with Gasteiger partial charge in [-0.25, -0.2) is 4.98 Å². The zero-order chi connectivity index (χ0) is 21.8. The van der Waals surface area contributed by atoms with E-state index in [0.29, 0.717) is 0 Å². The Bertz CT molecular complexity index is 1800. The van der Waals surface area contributed by atoms with Crippen molar-refractivity contribution in [2.75, 3.05) is 0 Å². The van der Waals surface area contributed by atoms with Gasteiger partial charge < -0.3 is 0 Å². The number of pyridine rings is 2. The molecule has 3 aromatic heterocycles. The zero-order valence-electron chi connectivity index (χ0n) is 17.8. The van der Waals surface area contributed by atoms with Crippen LogP contribution in [0.4, 0.5) is 0 Å². The van der Waals surface area contributed by atoms with E-state index >= 15 is 0 Å². The summed E-state index contributed by atoms with van der Waals surface area (Å²) in [7, 11) is 0. The van der Waals surface area contributed by atoms with Crippen LogP contribution in [-0.4, -0.2) is 14.4 Å². The highest BCUT2D eigenvalue weighted by Gasteiger charge is 2.15. The topological polar surface area (TPSA) is 30.2 Å². The third-order valence-electron chi connectivity index (χ3n) is 6.47. The van der Waals surface area contributed by atoms with Gasteiger partial charge in [-0.3, -0.25) is 9.38 Å². The normalized spacial score (nSPS) is 11.6. The summed E-state index contributed by atoms with van der Waals surface area (Å²) in [6, 6.07) is 36.5. The highest BCUT2D eigenvalue weighted by molar-refractivity contribution is 6.15. The van der Waals surface area contributed by atoms with E-state index in [1.807, 2.05) is 18.5 Å². The van der Waals surface area contributed by atoms with Gasteiger partial charge in [0.15, 0.2) is 0 Å². The summed E-state index contributed by atoms with van der Waals surface area (Å²) in [6.07, 6.45) is 3.69. The molecule has 0 aliphatic carbocycles. The molecule has 3 heterocycles. The van der Waals surface area contributed by atoms with Gasteiger partial charge in [0, 0.05) is 23.2 Å². The van der Waals surface area contributed by atoms with E-state index < -0.39 is 0 Å². The Morgan fingerprint density at radius 1 is 0.485 bits per heavy atom. The first-order chi connectivity index (χ1) is 16.4. The first-order valence-electron chi connectivity index (χ1n) is 11.1. The maximum atomic E-state index is 5.03. The van der Waals surface area contributed by atoms with Crippen LogP contribution in [-0.2, 0) is 0 Å². The fourth-order valence-corrected chi connectivity index (χ4v) is 4.89. The molecule has 0 amide bonds. The number of imidazole rings is 1. The van der Waals surface area contributed by atoms with Crippen molar-refractivity contribution in [1.82, 2.24) is 14.4 Å². The standard InChI is InChI=1S/C30H19N3/c1-2-6-20(7-3-1)23-11-13-28-26(19-23)25-18-22(21-14-16-31-17-15-21)10-12-24(25)30-32-27-8-4-5-9-29(27)33(28)30/h1-19H. The molecule has 0 aliphatic heterocycles. The summed E-state index contributed by atoms with van der Waals surface area (Å²) in [5.41, 5.74) is 9.06. The molecule has 33 heavy (non-hydrogen) atoms. The van der Waals surface area contributed by atoms with E-state index in [4.69, 9.17) is 4.98 Å². The van der Waals surface area contributed by atoms with Gasteiger partial charge in [-0.15, -0.1) is 0 Å². The Balaban J connectivity index is 1.65. The average Bonchev–Trinajstić information content (AvgIpc) is 3.29. The highest BCUT2D eigenvalue weighted by Crippen LogP contribution is 2.36. The van der Waals surface area contributed by atoms with Gasteiger partial charge in [-0.1, -0.05) is 54.6 Å². The van der Waals surface area contributed by atoms with Crippen LogP contribution in [0.25, 0.3) is 60.6 Å². The van der Waals surface area contributed by atoms with Crippen molar-refractivity contribution in [2.24, 2.45) is 0 Å². The molecule has 0 saturated heterocycles. The molecule has 7 rings (SSSR count). The van der Waals surface area contributed by atoms with Crippen LogP contribution in [0.2, 0.25) is 0 Å². The van der Waals surface area contributed by atoms with E-state index in [2.05, 4.69) is 106 Å². The first-order valence-corrected chi connectivity index (χ1v) is 11.1. The zero-order valence-corrected chi connectivity index (χ0v) is 17.8. The van der Waals surface area contributed by atoms with Crippen molar-refractivity contribution >= 4 is 38.4 Å². The number of fused-ring (bicyclic) bond motifs is 8. The Kier molecular flexibility index (Phi) is 3.84. The predicted octanol–water partition coefficient (Wildman–Crippen LogP) is 7.52. The summed E-state index contributed by atoms with van der Waals surface area (Å²) in [6.45, 7) is 0. The molecule has 7 aromatic rings. The smallest absolute Gasteiger partial charge is 0.146 e. The molecule has 0 aliphatic rings.